The summed E-state index contributed by atoms with van der Waals surface area (Å²) < 4.78 is 1.82. The molecule has 2 aromatic rings. The number of hydrogen-bond donors (Lipinski definition) is 1. The topological polar surface area (TPSA) is 57.8 Å². The summed E-state index contributed by atoms with van der Waals surface area (Å²) in [7, 11) is 0. The van der Waals surface area contributed by atoms with Gasteiger partial charge < -0.3 is 10.0 Å². The first-order valence-electron chi connectivity index (χ1n) is 7.08. The van der Waals surface area contributed by atoms with Crippen molar-refractivity contribution in [3.63, 3.8) is 0 Å². The highest BCUT2D eigenvalue weighted by Gasteiger charge is 2.31. The van der Waals surface area contributed by atoms with Crippen LogP contribution in [0, 0.1) is 0 Å². The number of hydrogen-bond acceptors (Lipinski definition) is 3. The van der Waals surface area contributed by atoms with E-state index in [0.717, 1.165) is 25.0 Å². The highest BCUT2D eigenvalue weighted by Crippen LogP contribution is 2.24. The van der Waals surface area contributed by atoms with Gasteiger partial charge in [-0.2, -0.15) is 0 Å². The van der Waals surface area contributed by atoms with E-state index in [0.29, 0.717) is 12.1 Å². The first-order chi connectivity index (χ1) is 9.66. The Hall–Kier alpha value is -1.88. The van der Waals surface area contributed by atoms with Crippen molar-refractivity contribution in [1.82, 2.24) is 14.3 Å². The van der Waals surface area contributed by atoms with E-state index in [9.17, 15) is 9.90 Å². The number of fused-ring (bicyclic) bond motifs is 1. The van der Waals surface area contributed by atoms with Gasteiger partial charge in [0.2, 0.25) is 0 Å². The van der Waals surface area contributed by atoms with Crippen molar-refractivity contribution in [1.29, 1.82) is 0 Å². The van der Waals surface area contributed by atoms with Crippen molar-refractivity contribution in [2.75, 3.05) is 6.54 Å². The van der Waals surface area contributed by atoms with E-state index in [1.807, 2.05) is 33.7 Å². The van der Waals surface area contributed by atoms with Crippen LogP contribution in [0.25, 0.3) is 5.65 Å². The molecule has 1 fully saturated rings. The largest absolute Gasteiger partial charge is 0.393 e. The first-order valence-corrected chi connectivity index (χ1v) is 7.08. The molecular weight excluding hydrogens is 254 g/mol. The lowest BCUT2D eigenvalue weighted by Gasteiger charge is -2.25. The standard InChI is InChI=1S/C15H19N3O2/c1-11(19)9-12-5-4-8-17(12)15(20)13-10-16-14-6-2-3-7-18(13)14/h2-3,6-7,10-12,19H,4-5,8-9H2,1H3. The second-order valence-electron chi connectivity index (χ2n) is 5.45. The highest BCUT2D eigenvalue weighted by molar-refractivity contribution is 5.93. The van der Waals surface area contributed by atoms with Crippen LogP contribution in [0.15, 0.2) is 30.6 Å². The van der Waals surface area contributed by atoms with Crippen LogP contribution in [0.1, 0.15) is 36.7 Å². The van der Waals surface area contributed by atoms with Crippen LogP contribution in [0.2, 0.25) is 0 Å². The van der Waals surface area contributed by atoms with Crippen molar-refractivity contribution < 1.29 is 9.90 Å². The van der Waals surface area contributed by atoms with Gasteiger partial charge in [-0.3, -0.25) is 9.20 Å². The number of nitrogens with zero attached hydrogens (tertiary/aromatic N) is 3. The van der Waals surface area contributed by atoms with Gasteiger partial charge >= 0.3 is 0 Å². The average Bonchev–Trinajstić information content (AvgIpc) is 3.03. The number of aliphatic hydroxyl groups excluding tert-OH is 1. The van der Waals surface area contributed by atoms with Gasteiger partial charge in [0.1, 0.15) is 11.3 Å². The number of carbonyl (C=O) groups is 1. The van der Waals surface area contributed by atoms with E-state index in [2.05, 4.69) is 4.98 Å². The second kappa shape index (κ2) is 5.25. The zero-order valence-corrected chi connectivity index (χ0v) is 11.6. The summed E-state index contributed by atoms with van der Waals surface area (Å²) in [6.07, 6.45) is 5.72. The maximum atomic E-state index is 12.7. The molecule has 2 atom stereocenters. The summed E-state index contributed by atoms with van der Waals surface area (Å²) in [5.74, 6) is 0.00634. The Balaban J connectivity index is 1.88. The van der Waals surface area contributed by atoms with Gasteiger partial charge in [0.25, 0.3) is 5.91 Å². The molecule has 0 aromatic carbocycles. The Morgan fingerprint density at radius 3 is 3.20 bits per heavy atom. The third-order valence-corrected chi connectivity index (χ3v) is 3.89. The van der Waals surface area contributed by atoms with Gasteiger partial charge in [0.15, 0.2) is 0 Å². The van der Waals surface area contributed by atoms with Crippen molar-refractivity contribution in [2.24, 2.45) is 0 Å². The number of carbonyl (C=O) groups excluding carboxylic acids is 1. The zero-order chi connectivity index (χ0) is 14.1. The number of amides is 1. The van der Waals surface area contributed by atoms with E-state index in [1.165, 1.54) is 0 Å². The lowest BCUT2D eigenvalue weighted by atomic mass is 10.1. The minimum absolute atomic E-state index is 0.00634. The molecule has 1 aliphatic heterocycles. The smallest absolute Gasteiger partial charge is 0.272 e. The van der Waals surface area contributed by atoms with Gasteiger partial charge in [-0.25, -0.2) is 4.98 Å². The number of pyridine rings is 1. The molecule has 2 unspecified atom stereocenters. The Kier molecular flexibility index (Phi) is 3.44. The average molecular weight is 273 g/mol. The van der Waals surface area contributed by atoms with E-state index in [-0.39, 0.29) is 18.1 Å². The SMILES string of the molecule is CC(O)CC1CCCN1C(=O)c1cnc2ccccn12. The summed E-state index contributed by atoms with van der Waals surface area (Å²) in [6, 6.07) is 5.82. The molecular formula is C15H19N3O2. The summed E-state index contributed by atoms with van der Waals surface area (Å²) in [5.41, 5.74) is 1.38. The Bertz CT molecular complexity index is 620. The minimum atomic E-state index is -0.379. The fraction of sp³-hybridized carbons (Fsp3) is 0.467. The molecule has 3 rings (SSSR count). The van der Waals surface area contributed by atoms with E-state index in [4.69, 9.17) is 0 Å². The van der Waals surface area contributed by atoms with Gasteiger partial charge in [-0.05, 0) is 38.3 Å². The molecule has 106 valence electrons. The van der Waals surface area contributed by atoms with Crippen molar-refractivity contribution >= 4 is 11.6 Å². The number of rotatable bonds is 3. The number of likely N-dealkylation sites (tertiary alicyclic amines) is 1. The van der Waals surface area contributed by atoms with Crippen LogP contribution < -0.4 is 0 Å². The van der Waals surface area contributed by atoms with Gasteiger partial charge in [0, 0.05) is 18.8 Å². The predicted octanol–water partition coefficient (Wildman–Crippen LogP) is 1.71. The molecule has 20 heavy (non-hydrogen) atoms. The van der Waals surface area contributed by atoms with E-state index < -0.39 is 0 Å². The molecule has 2 aromatic heterocycles. The molecule has 0 spiro atoms. The quantitative estimate of drug-likeness (QED) is 0.926. The summed E-state index contributed by atoms with van der Waals surface area (Å²) in [5, 5.41) is 9.56. The molecule has 3 heterocycles. The predicted molar refractivity (Wildman–Crippen MR) is 75.5 cm³/mol. The minimum Gasteiger partial charge on any atom is -0.393 e. The second-order valence-corrected chi connectivity index (χ2v) is 5.45. The number of aliphatic hydroxyl groups is 1. The van der Waals surface area contributed by atoms with Crippen LogP contribution in [0.3, 0.4) is 0 Å². The molecule has 0 aliphatic carbocycles. The van der Waals surface area contributed by atoms with Gasteiger partial charge in [-0.15, -0.1) is 0 Å². The van der Waals surface area contributed by atoms with Crippen molar-refractivity contribution in [3.05, 3.63) is 36.3 Å². The maximum absolute atomic E-state index is 12.7. The third kappa shape index (κ3) is 2.29. The Morgan fingerprint density at radius 2 is 2.40 bits per heavy atom. The van der Waals surface area contributed by atoms with Crippen LogP contribution in [0.5, 0.6) is 0 Å². The maximum Gasteiger partial charge on any atom is 0.272 e. The highest BCUT2D eigenvalue weighted by atomic mass is 16.3. The first kappa shape index (κ1) is 13.1. The van der Waals surface area contributed by atoms with Crippen LogP contribution >= 0.6 is 0 Å². The normalized spacial score (nSPS) is 20.5. The molecule has 5 nitrogen and oxygen atoms in total. The monoisotopic (exact) mass is 273 g/mol. The Morgan fingerprint density at radius 1 is 1.55 bits per heavy atom. The fourth-order valence-electron chi connectivity index (χ4n) is 2.98. The molecule has 1 amide bonds. The molecule has 1 saturated heterocycles. The number of aromatic nitrogens is 2. The van der Waals surface area contributed by atoms with Gasteiger partial charge in [-0.1, -0.05) is 6.07 Å². The molecule has 0 radical (unpaired) electrons. The van der Waals surface area contributed by atoms with Crippen LogP contribution in [-0.4, -0.2) is 44.0 Å². The molecule has 1 aliphatic rings. The Labute approximate surface area is 117 Å². The fourth-order valence-corrected chi connectivity index (χ4v) is 2.98. The molecule has 5 heteroatoms. The van der Waals surface area contributed by atoms with Crippen molar-refractivity contribution in [3.8, 4) is 0 Å². The molecule has 1 N–H and O–H groups in total. The summed E-state index contributed by atoms with van der Waals surface area (Å²) in [6.45, 7) is 2.53. The zero-order valence-electron chi connectivity index (χ0n) is 11.6. The number of imidazole rings is 1. The summed E-state index contributed by atoms with van der Waals surface area (Å²) in [4.78, 5) is 18.8. The summed E-state index contributed by atoms with van der Waals surface area (Å²) >= 11 is 0. The molecule has 0 saturated carbocycles. The third-order valence-electron chi connectivity index (χ3n) is 3.89. The van der Waals surface area contributed by atoms with E-state index in [1.54, 1.807) is 13.1 Å². The lowest BCUT2D eigenvalue weighted by molar-refractivity contribution is 0.0675. The van der Waals surface area contributed by atoms with Crippen LogP contribution in [0.4, 0.5) is 0 Å². The van der Waals surface area contributed by atoms with Crippen molar-refractivity contribution in [2.45, 2.75) is 38.3 Å². The lowest BCUT2D eigenvalue weighted by Crippen LogP contribution is -2.37. The van der Waals surface area contributed by atoms with E-state index >= 15 is 0 Å². The van der Waals surface area contributed by atoms with Gasteiger partial charge in [0.05, 0.1) is 12.3 Å². The molecule has 0 bridgehead atoms. The van der Waals surface area contributed by atoms with Crippen LogP contribution in [-0.2, 0) is 0 Å².